The molecule has 0 unspecified atom stereocenters. The largest absolute Gasteiger partial charge is 0.325 e. The van der Waals surface area contributed by atoms with Gasteiger partial charge in [-0.1, -0.05) is 37.1 Å². The molecule has 0 spiro atoms. The minimum absolute atomic E-state index is 0.152. The van der Waals surface area contributed by atoms with E-state index in [0.717, 1.165) is 0 Å². The summed E-state index contributed by atoms with van der Waals surface area (Å²) < 4.78 is 0. The molecule has 1 aliphatic heterocycles. The van der Waals surface area contributed by atoms with Gasteiger partial charge in [0.25, 0.3) is 0 Å². The minimum Gasteiger partial charge on any atom is -0.325 e. The van der Waals surface area contributed by atoms with Gasteiger partial charge in [0.05, 0.1) is 0 Å². The molecule has 2 heteroatoms. The molecule has 0 saturated heterocycles. The van der Waals surface area contributed by atoms with Gasteiger partial charge in [-0.2, -0.15) is 0 Å². The van der Waals surface area contributed by atoms with Crippen molar-refractivity contribution in [1.29, 1.82) is 0 Å². The predicted octanol–water partition coefficient (Wildman–Crippen LogP) is 2.75. The number of fused-ring (bicyclic) bond motifs is 1. The van der Waals surface area contributed by atoms with Gasteiger partial charge in [-0.15, -0.1) is 0 Å². The van der Waals surface area contributed by atoms with Crippen LogP contribution < -0.4 is 5.73 Å². The van der Waals surface area contributed by atoms with E-state index in [1.165, 1.54) is 64.6 Å². The van der Waals surface area contributed by atoms with E-state index in [0.29, 0.717) is 0 Å². The molecule has 2 N–H and O–H groups in total. The van der Waals surface area contributed by atoms with Crippen molar-refractivity contribution in [2.75, 3.05) is 19.6 Å². The fraction of sp³-hybridized carbons (Fsp3) is 0.647. The number of benzene rings is 1. The van der Waals surface area contributed by atoms with Crippen LogP contribution in [-0.2, 0) is 12.8 Å². The maximum Gasteiger partial charge on any atom is 0.0166 e. The van der Waals surface area contributed by atoms with Crippen molar-refractivity contribution in [3.8, 4) is 0 Å². The zero-order valence-electron chi connectivity index (χ0n) is 11.9. The van der Waals surface area contributed by atoms with Gasteiger partial charge in [-0.05, 0) is 49.8 Å². The van der Waals surface area contributed by atoms with E-state index >= 15 is 0 Å². The van der Waals surface area contributed by atoms with Crippen molar-refractivity contribution in [1.82, 2.24) is 4.90 Å². The summed E-state index contributed by atoms with van der Waals surface area (Å²) in [6.07, 6.45) is 8.73. The minimum atomic E-state index is 0.152. The van der Waals surface area contributed by atoms with Crippen LogP contribution in [0, 0.1) is 0 Å². The summed E-state index contributed by atoms with van der Waals surface area (Å²) in [6, 6.07) is 8.92. The molecule has 0 amide bonds. The molecule has 1 aliphatic carbocycles. The van der Waals surface area contributed by atoms with E-state index in [2.05, 4.69) is 29.2 Å². The summed E-state index contributed by atoms with van der Waals surface area (Å²) in [4.78, 5) is 2.62. The Morgan fingerprint density at radius 2 is 1.58 bits per heavy atom. The summed E-state index contributed by atoms with van der Waals surface area (Å²) in [7, 11) is 0. The Morgan fingerprint density at radius 3 is 2.16 bits per heavy atom. The molecular weight excluding hydrogens is 232 g/mol. The average Bonchev–Trinajstić information content (AvgIpc) is 2.75. The zero-order chi connectivity index (χ0) is 13.1. The third-order valence-electron chi connectivity index (χ3n) is 5.04. The lowest BCUT2D eigenvalue weighted by molar-refractivity contribution is 0.248. The van der Waals surface area contributed by atoms with Crippen molar-refractivity contribution >= 4 is 0 Å². The lowest BCUT2D eigenvalue weighted by Gasteiger charge is -2.28. The fourth-order valence-electron chi connectivity index (χ4n) is 3.65. The molecular formula is C17H26N2. The Labute approximate surface area is 117 Å². The maximum absolute atomic E-state index is 6.47. The Kier molecular flexibility index (Phi) is 3.90. The van der Waals surface area contributed by atoms with Gasteiger partial charge in [-0.3, -0.25) is 0 Å². The van der Waals surface area contributed by atoms with E-state index in [1.807, 2.05) is 0 Å². The highest BCUT2D eigenvalue weighted by molar-refractivity contribution is 5.28. The van der Waals surface area contributed by atoms with Gasteiger partial charge in [0.2, 0.25) is 0 Å². The van der Waals surface area contributed by atoms with Crippen molar-refractivity contribution < 1.29 is 0 Å². The Bertz CT molecular complexity index is 394. The molecule has 104 valence electrons. The first kappa shape index (κ1) is 13.1. The molecule has 1 aromatic rings. The van der Waals surface area contributed by atoms with Crippen LogP contribution in [0.1, 0.15) is 43.2 Å². The monoisotopic (exact) mass is 258 g/mol. The molecule has 1 fully saturated rings. The Morgan fingerprint density at radius 1 is 1.00 bits per heavy atom. The number of rotatable bonds is 3. The third-order valence-corrected chi connectivity index (χ3v) is 5.04. The Balaban J connectivity index is 1.54. The van der Waals surface area contributed by atoms with E-state index in [-0.39, 0.29) is 5.54 Å². The van der Waals surface area contributed by atoms with E-state index in [1.54, 1.807) is 11.1 Å². The smallest absolute Gasteiger partial charge is 0.0166 e. The second kappa shape index (κ2) is 5.64. The highest BCUT2D eigenvalue weighted by Crippen LogP contribution is 2.30. The SMILES string of the molecule is NC1(CCN2CCc3ccccc3CC2)CCCC1. The molecule has 2 aliphatic rings. The summed E-state index contributed by atoms with van der Waals surface area (Å²) in [5.74, 6) is 0. The molecule has 2 nitrogen and oxygen atoms in total. The van der Waals surface area contributed by atoms with E-state index < -0.39 is 0 Å². The molecule has 1 aromatic carbocycles. The fourth-order valence-corrected chi connectivity index (χ4v) is 3.65. The first-order valence-electron chi connectivity index (χ1n) is 7.83. The molecule has 1 saturated carbocycles. The average molecular weight is 258 g/mol. The lowest BCUT2D eigenvalue weighted by atomic mass is 9.94. The van der Waals surface area contributed by atoms with Crippen LogP contribution in [0.15, 0.2) is 24.3 Å². The number of nitrogens with zero attached hydrogens (tertiary/aromatic N) is 1. The Hall–Kier alpha value is -0.860. The van der Waals surface area contributed by atoms with Gasteiger partial charge in [0, 0.05) is 18.6 Å². The third kappa shape index (κ3) is 3.18. The maximum atomic E-state index is 6.47. The van der Waals surface area contributed by atoms with Crippen LogP contribution in [0.5, 0.6) is 0 Å². The first-order valence-corrected chi connectivity index (χ1v) is 7.83. The quantitative estimate of drug-likeness (QED) is 0.903. The molecule has 0 radical (unpaired) electrons. The molecule has 0 bridgehead atoms. The van der Waals surface area contributed by atoms with Crippen LogP contribution in [-0.4, -0.2) is 30.1 Å². The highest BCUT2D eigenvalue weighted by Gasteiger charge is 2.29. The van der Waals surface area contributed by atoms with Crippen molar-refractivity contribution in [3.05, 3.63) is 35.4 Å². The molecule has 0 atom stereocenters. The van der Waals surface area contributed by atoms with Crippen LogP contribution in [0.4, 0.5) is 0 Å². The molecule has 19 heavy (non-hydrogen) atoms. The van der Waals surface area contributed by atoms with Crippen molar-refractivity contribution in [2.45, 2.75) is 50.5 Å². The van der Waals surface area contributed by atoms with E-state index in [9.17, 15) is 0 Å². The van der Waals surface area contributed by atoms with Crippen LogP contribution in [0.3, 0.4) is 0 Å². The summed E-state index contributed by atoms with van der Waals surface area (Å²) in [5.41, 5.74) is 9.72. The van der Waals surface area contributed by atoms with Crippen LogP contribution in [0.25, 0.3) is 0 Å². The van der Waals surface area contributed by atoms with Crippen molar-refractivity contribution in [2.24, 2.45) is 5.73 Å². The topological polar surface area (TPSA) is 29.3 Å². The number of hydrogen-bond donors (Lipinski definition) is 1. The molecule has 1 heterocycles. The second-order valence-corrected chi connectivity index (χ2v) is 6.43. The van der Waals surface area contributed by atoms with Gasteiger partial charge >= 0.3 is 0 Å². The van der Waals surface area contributed by atoms with Crippen LogP contribution in [0.2, 0.25) is 0 Å². The van der Waals surface area contributed by atoms with Gasteiger partial charge in [0.1, 0.15) is 0 Å². The predicted molar refractivity (Wildman–Crippen MR) is 80.3 cm³/mol. The summed E-state index contributed by atoms with van der Waals surface area (Å²) in [5, 5.41) is 0. The standard InChI is InChI=1S/C17H26N2/c18-17(9-3-4-10-17)11-14-19-12-7-15-5-1-2-6-16(15)8-13-19/h1-2,5-6H,3-4,7-14,18H2. The van der Waals surface area contributed by atoms with Gasteiger partial charge in [0.15, 0.2) is 0 Å². The van der Waals surface area contributed by atoms with E-state index in [4.69, 9.17) is 5.73 Å². The zero-order valence-corrected chi connectivity index (χ0v) is 11.9. The number of nitrogens with two attached hydrogens (primary N) is 1. The van der Waals surface area contributed by atoms with Gasteiger partial charge in [-0.25, -0.2) is 0 Å². The second-order valence-electron chi connectivity index (χ2n) is 6.43. The molecule has 3 rings (SSSR count). The first-order chi connectivity index (χ1) is 9.25. The summed E-state index contributed by atoms with van der Waals surface area (Å²) in [6.45, 7) is 3.59. The lowest BCUT2D eigenvalue weighted by Crippen LogP contribution is -2.41. The number of hydrogen-bond acceptors (Lipinski definition) is 2. The van der Waals surface area contributed by atoms with Gasteiger partial charge < -0.3 is 10.6 Å². The summed E-state index contributed by atoms with van der Waals surface area (Å²) >= 11 is 0. The van der Waals surface area contributed by atoms with Crippen LogP contribution >= 0.6 is 0 Å². The normalized spacial score (nSPS) is 23.0. The highest BCUT2D eigenvalue weighted by atomic mass is 15.1. The van der Waals surface area contributed by atoms with Crippen molar-refractivity contribution in [3.63, 3.8) is 0 Å². The molecule has 0 aromatic heterocycles.